The van der Waals surface area contributed by atoms with E-state index in [-0.39, 0.29) is 12.3 Å². The normalized spacial score (nSPS) is 13.3. The molecule has 2 amide bonds. The maximum Gasteiger partial charge on any atom is 0.233 e. The first-order valence-corrected chi connectivity index (χ1v) is 8.38. The fraction of sp³-hybridized carbons (Fsp3) is 0.222. The van der Waals surface area contributed by atoms with Crippen LogP contribution in [-0.2, 0) is 22.6 Å². The fourth-order valence-corrected chi connectivity index (χ4v) is 3.25. The Morgan fingerprint density at radius 1 is 1.00 bits per heavy atom. The van der Waals surface area contributed by atoms with Crippen molar-refractivity contribution in [2.45, 2.75) is 19.4 Å². The standard InChI is InChI=1S/C18H16Cl2N2O2/c19-14-6-3-7-15(20)18(14)21-16(23)10-17(24)22-9-8-12-4-1-2-5-13(12)11-22/h1-7H,8-11H2,(H,21,23). The Morgan fingerprint density at radius 2 is 1.67 bits per heavy atom. The molecule has 0 fully saturated rings. The summed E-state index contributed by atoms with van der Waals surface area (Å²) < 4.78 is 0. The molecule has 1 N–H and O–H groups in total. The summed E-state index contributed by atoms with van der Waals surface area (Å²) >= 11 is 12.0. The van der Waals surface area contributed by atoms with Crippen molar-refractivity contribution in [1.29, 1.82) is 0 Å². The molecule has 3 rings (SSSR count). The number of carbonyl (C=O) groups is 2. The minimum Gasteiger partial charge on any atom is -0.338 e. The average molecular weight is 363 g/mol. The molecule has 0 saturated heterocycles. The number of carbonyl (C=O) groups excluding carboxylic acids is 2. The first kappa shape index (κ1) is 16.8. The van der Waals surface area contributed by atoms with Gasteiger partial charge in [0.2, 0.25) is 11.8 Å². The number of anilines is 1. The molecule has 0 aromatic heterocycles. The van der Waals surface area contributed by atoms with Crippen LogP contribution in [0.2, 0.25) is 10.0 Å². The maximum absolute atomic E-state index is 12.4. The zero-order valence-corrected chi connectivity index (χ0v) is 14.4. The van der Waals surface area contributed by atoms with E-state index < -0.39 is 5.91 Å². The van der Waals surface area contributed by atoms with Gasteiger partial charge in [-0.1, -0.05) is 53.5 Å². The molecule has 1 aliphatic heterocycles. The van der Waals surface area contributed by atoms with Crippen molar-refractivity contribution in [2.24, 2.45) is 0 Å². The van der Waals surface area contributed by atoms with Crippen molar-refractivity contribution in [2.75, 3.05) is 11.9 Å². The minimum absolute atomic E-state index is 0.204. The van der Waals surface area contributed by atoms with Gasteiger partial charge in [-0.15, -0.1) is 0 Å². The van der Waals surface area contributed by atoms with Crippen molar-refractivity contribution < 1.29 is 9.59 Å². The minimum atomic E-state index is -0.422. The second-order valence-corrected chi connectivity index (χ2v) is 6.47. The van der Waals surface area contributed by atoms with Gasteiger partial charge in [-0.2, -0.15) is 0 Å². The number of nitrogens with zero attached hydrogens (tertiary/aromatic N) is 1. The monoisotopic (exact) mass is 362 g/mol. The number of para-hydroxylation sites is 1. The predicted molar refractivity (Wildman–Crippen MR) is 95.3 cm³/mol. The summed E-state index contributed by atoms with van der Waals surface area (Å²) in [5.74, 6) is -0.626. The number of halogens is 2. The van der Waals surface area contributed by atoms with E-state index in [1.54, 1.807) is 23.1 Å². The van der Waals surface area contributed by atoms with Crippen molar-refractivity contribution in [3.05, 3.63) is 63.6 Å². The highest BCUT2D eigenvalue weighted by Crippen LogP contribution is 2.30. The van der Waals surface area contributed by atoms with Crippen molar-refractivity contribution in [3.63, 3.8) is 0 Å². The van der Waals surface area contributed by atoms with E-state index in [9.17, 15) is 9.59 Å². The third-order valence-electron chi connectivity index (χ3n) is 4.02. The number of hydrogen-bond acceptors (Lipinski definition) is 2. The van der Waals surface area contributed by atoms with Gasteiger partial charge in [0.25, 0.3) is 0 Å². The van der Waals surface area contributed by atoms with E-state index in [1.807, 2.05) is 18.2 Å². The Bertz CT molecular complexity index is 772. The lowest BCUT2D eigenvalue weighted by molar-refractivity contribution is -0.135. The van der Waals surface area contributed by atoms with Crippen LogP contribution in [0.15, 0.2) is 42.5 Å². The molecule has 0 aliphatic carbocycles. The van der Waals surface area contributed by atoms with Gasteiger partial charge >= 0.3 is 0 Å². The highest BCUT2D eigenvalue weighted by atomic mass is 35.5. The van der Waals surface area contributed by atoms with E-state index in [4.69, 9.17) is 23.2 Å². The molecule has 0 atom stereocenters. The van der Waals surface area contributed by atoms with Gasteiger partial charge in [-0.3, -0.25) is 9.59 Å². The number of benzene rings is 2. The lowest BCUT2D eigenvalue weighted by Gasteiger charge is -2.28. The van der Waals surface area contributed by atoms with Crippen LogP contribution in [0.3, 0.4) is 0 Å². The Hall–Kier alpha value is -2.04. The molecule has 2 aromatic rings. The molecule has 1 aliphatic rings. The number of nitrogens with one attached hydrogen (secondary N) is 1. The van der Waals surface area contributed by atoms with Crippen molar-refractivity contribution in [3.8, 4) is 0 Å². The second-order valence-electron chi connectivity index (χ2n) is 5.66. The summed E-state index contributed by atoms with van der Waals surface area (Å²) in [5, 5.41) is 3.30. The number of amides is 2. The molecule has 0 spiro atoms. The summed E-state index contributed by atoms with van der Waals surface area (Å²) in [4.78, 5) is 26.2. The van der Waals surface area contributed by atoms with Gasteiger partial charge in [0.15, 0.2) is 0 Å². The van der Waals surface area contributed by atoms with Gasteiger partial charge in [0, 0.05) is 13.1 Å². The average Bonchev–Trinajstić information content (AvgIpc) is 2.58. The smallest absolute Gasteiger partial charge is 0.233 e. The zero-order chi connectivity index (χ0) is 17.1. The topological polar surface area (TPSA) is 49.4 Å². The molecule has 0 radical (unpaired) electrons. The lowest BCUT2D eigenvalue weighted by atomic mass is 10.00. The highest BCUT2D eigenvalue weighted by Gasteiger charge is 2.22. The largest absolute Gasteiger partial charge is 0.338 e. The van der Waals surface area contributed by atoms with Crippen LogP contribution < -0.4 is 5.32 Å². The number of rotatable bonds is 3. The summed E-state index contributed by atoms with van der Waals surface area (Å²) in [6, 6.07) is 13.0. The van der Waals surface area contributed by atoms with Crippen molar-refractivity contribution in [1.82, 2.24) is 4.90 Å². The maximum atomic E-state index is 12.4. The Morgan fingerprint density at radius 3 is 2.38 bits per heavy atom. The molecule has 24 heavy (non-hydrogen) atoms. The van der Waals surface area contributed by atoms with Crippen LogP contribution in [0.1, 0.15) is 17.5 Å². The fourth-order valence-electron chi connectivity index (χ4n) is 2.76. The molecule has 0 bridgehead atoms. The molecule has 6 heteroatoms. The summed E-state index contributed by atoms with van der Waals surface area (Å²) in [6.45, 7) is 1.16. The molecule has 124 valence electrons. The Labute approximate surface area is 150 Å². The van der Waals surface area contributed by atoms with Gasteiger partial charge < -0.3 is 10.2 Å². The van der Waals surface area contributed by atoms with E-state index in [2.05, 4.69) is 11.4 Å². The van der Waals surface area contributed by atoms with Crippen LogP contribution >= 0.6 is 23.2 Å². The first-order chi connectivity index (χ1) is 11.5. The molecule has 4 nitrogen and oxygen atoms in total. The van der Waals surface area contributed by atoms with E-state index in [1.165, 1.54) is 5.56 Å². The van der Waals surface area contributed by atoms with Crippen LogP contribution in [0.4, 0.5) is 5.69 Å². The molecular weight excluding hydrogens is 347 g/mol. The van der Waals surface area contributed by atoms with E-state index >= 15 is 0 Å². The summed E-state index contributed by atoms with van der Waals surface area (Å²) in [6.07, 6.45) is 0.573. The van der Waals surface area contributed by atoms with E-state index in [0.29, 0.717) is 28.8 Å². The SMILES string of the molecule is O=C(CC(=O)N1CCc2ccccc2C1)Nc1c(Cl)cccc1Cl. The molecule has 0 saturated carbocycles. The van der Waals surface area contributed by atoms with Gasteiger partial charge in [0.05, 0.1) is 15.7 Å². The van der Waals surface area contributed by atoms with Crippen LogP contribution in [0, 0.1) is 0 Å². The third kappa shape index (κ3) is 3.71. The van der Waals surface area contributed by atoms with Gasteiger partial charge in [0.1, 0.15) is 6.42 Å². The first-order valence-electron chi connectivity index (χ1n) is 7.63. The quantitative estimate of drug-likeness (QED) is 0.841. The summed E-state index contributed by atoms with van der Waals surface area (Å²) in [5.41, 5.74) is 2.73. The van der Waals surface area contributed by atoms with Crippen LogP contribution in [0.5, 0.6) is 0 Å². The second kappa shape index (κ2) is 7.24. The lowest BCUT2D eigenvalue weighted by Crippen LogP contribution is -2.37. The van der Waals surface area contributed by atoms with Gasteiger partial charge in [-0.25, -0.2) is 0 Å². The predicted octanol–water partition coefficient (Wildman–Crippen LogP) is 3.91. The van der Waals surface area contributed by atoms with E-state index in [0.717, 1.165) is 12.0 Å². The molecule has 0 unspecified atom stereocenters. The Kier molecular flexibility index (Phi) is 5.07. The number of hydrogen-bond donors (Lipinski definition) is 1. The Balaban J connectivity index is 1.62. The highest BCUT2D eigenvalue weighted by molar-refractivity contribution is 6.39. The van der Waals surface area contributed by atoms with Crippen molar-refractivity contribution >= 4 is 40.7 Å². The zero-order valence-electron chi connectivity index (χ0n) is 12.9. The molecular formula is C18H16Cl2N2O2. The van der Waals surface area contributed by atoms with Gasteiger partial charge in [-0.05, 0) is 29.7 Å². The number of fused-ring (bicyclic) bond motifs is 1. The van der Waals surface area contributed by atoms with Crippen LogP contribution in [-0.4, -0.2) is 23.3 Å². The van der Waals surface area contributed by atoms with Crippen LogP contribution in [0.25, 0.3) is 0 Å². The summed E-state index contributed by atoms with van der Waals surface area (Å²) in [7, 11) is 0. The third-order valence-corrected chi connectivity index (χ3v) is 4.65. The molecule has 1 heterocycles. The molecule has 2 aromatic carbocycles.